The molecule has 1 aliphatic carbocycles. The number of aryl methyl sites for hydroxylation is 3. The first-order chi connectivity index (χ1) is 21.7. The van der Waals surface area contributed by atoms with Crippen molar-refractivity contribution in [1.82, 2.24) is 19.9 Å². The highest BCUT2D eigenvalue weighted by Gasteiger charge is 2.40. The molecule has 45 heavy (non-hydrogen) atoms. The number of rotatable bonds is 9. The monoisotopic (exact) mass is 612 g/mol. The molecular weight excluding hydrogens is 568 g/mol. The number of ether oxygens (including phenoxy) is 2. The number of nitrogens with one attached hydrogen (secondary N) is 2. The Bertz CT molecular complexity index is 1850. The quantitative estimate of drug-likeness (QED) is 0.227. The van der Waals surface area contributed by atoms with E-state index < -0.39 is 0 Å². The summed E-state index contributed by atoms with van der Waals surface area (Å²) in [5.41, 5.74) is 15.4. The number of carbonyl (C=O) groups excluding carboxylic acids is 1. The number of esters is 1. The molecule has 2 aliphatic heterocycles. The van der Waals surface area contributed by atoms with Crippen molar-refractivity contribution in [2.75, 3.05) is 26.9 Å². The zero-order chi connectivity index (χ0) is 32.0. The van der Waals surface area contributed by atoms with Crippen molar-refractivity contribution in [3.63, 3.8) is 0 Å². The summed E-state index contributed by atoms with van der Waals surface area (Å²) in [6.07, 6.45) is 2.67. The second-order valence-electron chi connectivity index (χ2n) is 12.5. The minimum atomic E-state index is -0.239. The molecule has 3 aromatic heterocycles. The molecule has 3 aromatic rings. The van der Waals surface area contributed by atoms with Gasteiger partial charge >= 0.3 is 5.97 Å². The summed E-state index contributed by atoms with van der Waals surface area (Å²) in [5.74, 6) is -0.195. The fourth-order valence-corrected chi connectivity index (χ4v) is 7.49. The molecular formula is C36H44N4O5. The lowest BCUT2D eigenvalue weighted by Crippen LogP contribution is -2.15. The number of hydrogen-bond donors (Lipinski definition) is 4. The van der Waals surface area contributed by atoms with Crippen molar-refractivity contribution < 1.29 is 24.5 Å². The highest BCUT2D eigenvalue weighted by atomic mass is 16.5. The average molecular weight is 613 g/mol. The summed E-state index contributed by atoms with van der Waals surface area (Å²) in [5, 5.41) is 19.6. The number of methoxy groups -OCH3 is 1. The fraction of sp³-hybridized carbons (Fsp3) is 0.472. The molecule has 9 heteroatoms. The topological polar surface area (TPSA) is 133 Å². The summed E-state index contributed by atoms with van der Waals surface area (Å²) in [6, 6.07) is 6.42. The van der Waals surface area contributed by atoms with Gasteiger partial charge in [0.15, 0.2) is 0 Å². The summed E-state index contributed by atoms with van der Waals surface area (Å²) in [7, 11) is 1.42. The number of aromatic amines is 2. The molecule has 0 fully saturated rings. The molecule has 4 N–H and O–H groups in total. The van der Waals surface area contributed by atoms with Crippen molar-refractivity contribution in [1.29, 1.82) is 0 Å². The van der Waals surface area contributed by atoms with Crippen LogP contribution in [0.4, 0.5) is 0 Å². The number of carbonyl (C=O) groups is 1. The van der Waals surface area contributed by atoms with Gasteiger partial charge < -0.3 is 29.7 Å². The highest BCUT2D eigenvalue weighted by molar-refractivity contribution is 5.97. The molecule has 9 nitrogen and oxygen atoms in total. The Morgan fingerprint density at radius 2 is 1.69 bits per heavy atom. The van der Waals surface area contributed by atoms with Gasteiger partial charge in [0.05, 0.1) is 37.8 Å². The van der Waals surface area contributed by atoms with Gasteiger partial charge in [-0.25, -0.2) is 4.98 Å². The van der Waals surface area contributed by atoms with E-state index in [1.807, 2.05) is 0 Å². The lowest BCUT2D eigenvalue weighted by molar-refractivity contribution is -0.140. The Kier molecular flexibility index (Phi) is 8.70. The zero-order valence-corrected chi connectivity index (χ0v) is 27.1. The third-order valence-electron chi connectivity index (χ3n) is 10.0. The van der Waals surface area contributed by atoms with Gasteiger partial charge in [0, 0.05) is 75.9 Å². The van der Waals surface area contributed by atoms with Gasteiger partial charge in [0.1, 0.15) is 0 Å². The molecule has 3 atom stereocenters. The molecule has 1 unspecified atom stereocenters. The Labute approximate surface area is 263 Å². The van der Waals surface area contributed by atoms with Crippen molar-refractivity contribution in [3.05, 3.63) is 68.8 Å². The van der Waals surface area contributed by atoms with E-state index in [1.54, 1.807) is 0 Å². The SMILES string of the molecule is CCc1c(C)c2cc3[nH]c(cc4nc(c5c6nc(cc1[nH]2)C(C)=C6C(OCCO)C5)[C@@H](CCC(=O)OC)[C@@H]4C)c(C)c3CCO. The third-order valence-corrected chi connectivity index (χ3v) is 10.0. The van der Waals surface area contributed by atoms with E-state index in [2.05, 4.69) is 62.8 Å². The Morgan fingerprint density at radius 3 is 2.38 bits per heavy atom. The number of hydrogen-bond acceptors (Lipinski definition) is 7. The number of aromatic nitrogens is 4. The van der Waals surface area contributed by atoms with Crippen LogP contribution in [0.3, 0.4) is 0 Å². The number of fused-ring (bicyclic) bond motifs is 8. The van der Waals surface area contributed by atoms with Crippen LogP contribution < -0.4 is 0 Å². The van der Waals surface area contributed by atoms with Gasteiger partial charge in [-0.05, 0) is 86.1 Å². The molecule has 3 aliphatic rings. The van der Waals surface area contributed by atoms with Crippen LogP contribution in [0.15, 0.2) is 18.2 Å². The predicted octanol–water partition coefficient (Wildman–Crippen LogP) is 5.73. The molecule has 6 rings (SSSR count). The maximum absolute atomic E-state index is 12.3. The van der Waals surface area contributed by atoms with Crippen molar-refractivity contribution in [2.24, 2.45) is 0 Å². The van der Waals surface area contributed by atoms with Crippen LogP contribution in [-0.2, 0) is 33.5 Å². The number of aliphatic hydroxyl groups excluding tert-OH is 2. The van der Waals surface area contributed by atoms with E-state index in [4.69, 9.17) is 19.4 Å². The predicted molar refractivity (Wildman–Crippen MR) is 176 cm³/mol. The van der Waals surface area contributed by atoms with Crippen LogP contribution in [0.1, 0.15) is 96.0 Å². The molecule has 0 spiro atoms. The lowest BCUT2D eigenvalue weighted by Gasteiger charge is -2.17. The van der Waals surface area contributed by atoms with E-state index in [-0.39, 0.29) is 43.7 Å². The molecule has 8 bridgehead atoms. The van der Waals surface area contributed by atoms with Crippen LogP contribution in [0, 0.1) is 13.8 Å². The molecule has 0 amide bonds. The highest BCUT2D eigenvalue weighted by Crippen LogP contribution is 2.48. The molecule has 5 heterocycles. The molecule has 0 saturated heterocycles. The van der Waals surface area contributed by atoms with Gasteiger partial charge in [0.2, 0.25) is 0 Å². The molecule has 0 radical (unpaired) electrons. The van der Waals surface area contributed by atoms with Gasteiger partial charge in [-0.1, -0.05) is 13.8 Å². The first kappa shape index (κ1) is 31.2. The van der Waals surface area contributed by atoms with E-state index in [9.17, 15) is 15.0 Å². The van der Waals surface area contributed by atoms with Crippen LogP contribution >= 0.6 is 0 Å². The average Bonchev–Trinajstić information content (AvgIpc) is 3.78. The van der Waals surface area contributed by atoms with E-state index >= 15 is 0 Å². The first-order valence-electron chi connectivity index (χ1n) is 16.1. The van der Waals surface area contributed by atoms with E-state index in [0.29, 0.717) is 25.7 Å². The Morgan fingerprint density at radius 1 is 0.978 bits per heavy atom. The summed E-state index contributed by atoms with van der Waals surface area (Å²) < 4.78 is 11.2. The van der Waals surface area contributed by atoms with Crippen molar-refractivity contribution in [2.45, 2.75) is 84.7 Å². The number of H-pyrrole nitrogens is 2. The van der Waals surface area contributed by atoms with Gasteiger partial charge in [-0.15, -0.1) is 0 Å². The Hall–Kier alpha value is -3.79. The second kappa shape index (κ2) is 12.5. The number of aliphatic hydroxyl groups is 2. The van der Waals surface area contributed by atoms with Gasteiger partial charge in [0.25, 0.3) is 0 Å². The summed E-state index contributed by atoms with van der Waals surface area (Å²) in [6.45, 7) is 10.9. The second-order valence-corrected chi connectivity index (χ2v) is 12.5. The normalized spacial score (nSPS) is 19.1. The van der Waals surface area contributed by atoms with Crippen molar-refractivity contribution in [3.8, 4) is 0 Å². The summed E-state index contributed by atoms with van der Waals surface area (Å²) in [4.78, 5) is 30.2. The number of nitrogens with zero attached hydrogens (tertiary/aromatic N) is 2. The molecule has 238 valence electrons. The van der Waals surface area contributed by atoms with Gasteiger partial charge in [-0.2, -0.15) is 0 Å². The smallest absolute Gasteiger partial charge is 0.305 e. The van der Waals surface area contributed by atoms with E-state index in [1.165, 1.54) is 18.2 Å². The molecule has 0 aromatic carbocycles. The third kappa shape index (κ3) is 5.41. The first-order valence-corrected chi connectivity index (χ1v) is 16.1. The maximum atomic E-state index is 12.3. The van der Waals surface area contributed by atoms with Gasteiger partial charge in [-0.3, -0.25) is 9.78 Å². The van der Waals surface area contributed by atoms with Crippen LogP contribution in [0.25, 0.3) is 33.2 Å². The standard InChI is InChI=1S/C36H44N4O5/c1-7-22-18(2)27-16-31-23(10-11-41)19(3)26(38-31)15-28-20(4)24(8-9-33(43)44-6)35(39-28)25-14-32(45-13-12-42)34-21(5)29(40-36(25)34)17-30(22)37-27/h15-17,20,24,32,37-38,41-42H,7-14H2,1-6H3/t20-,24-,32?/m0/s1. The minimum Gasteiger partial charge on any atom is -0.469 e. The van der Waals surface area contributed by atoms with Crippen LogP contribution in [0.2, 0.25) is 0 Å². The van der Waals surface area contributed by atoms with Crippen molar-refractivity contribution >= 4 is 39.2 Å². The Balaban J connectivity index is 1.72. The zero-order valence-electron chi connectivity index (χ0n) is 27.1. The molecule has 0 saturated carbocycles. The van der Waals surface area contributed by atoms with E-state index in [0.717, 1.165) is 79.1 Å². The van der Waals surface area contributed by atoms with Crippen LogP contribution in [-0.4, -0.2) is 69.2 Å². The maximum Gasteiger partial charge on any atom is 0.305 e. The largest absolute Gasteiger partial charge is 0.469 e. The number of allylic oxidation sites excluding steroid dienone is 1. The summed E-state index contributed by atoms with van der Waals surface area (Å²) >= 11 is 0. The minimum absolute atomic E-state index is 0.00647. The lowest BCUT2D eigenvalue weighted by atomic mass is 9.85. The fourth-order valence-electron chi connectivity index (χ4n) is 7.49. The van der Waals surface area contributed by atoms with Crippen LogP contribution in [0.5, 0.6) is 0 Å².